The number of hydrogen-bond donors (Lipinski definition) is 1. The first-order chi connectivity index (χ1) is 16.9. The highest BCUT2D eigenvalue weighted by molar-refractivity contribution is 5.80. The van der Waals surface area contributed by atoms with Gasteiger partial charge in [-0.2, -0.15) is 5.10 Å². The molecule has 1 fully saturated rings. The fourth-order valence-corrected chi connectivity index (χ4v) is 5.45. The predicted octanol–water partition coefficient (Wildman–Crippen LogP) is 3.39. The minimum absolute atomic E-state index is 0.0128. The van der Waals surface area contributed by atoms with E-state index in [0.29, 0.717) is 12.5 Å². The van der Waals surface area contributed by atoms with Crippen LogP contribution in [-0.4, -0.2) is 61.6 Å². The van der Waals surface area contributed by atoms with Gasteiger partial charge < -0.3 is 15.1 Å². The molecule has 1 N–H and O–H groups in total. The summed E-state index contributed by atoms with van der Waals surface area (Å²) in [5.41, 5.74) is 4.25. The molecule has 8 heteroatoms. The largest absolute Gasteiger partial charge is 0.346 e. The maximum atomic E-state index is 14.0. The lowest BCUT2D eigenvalue weighted by atomic mass is 9.79. The Bertz CT molecular complexity index is 1180. The molecule has 0 radical (unpaired) electrons. The molecule has 0 aliphatic carbocycles. The summed E-state index contributed by atoms with van der Waals surface area (Å²) in [4.78, 5) is 27.7. The molecule has 35 heavy (non-hydrogen) atoms. The molecule has 0 bridgehead atoms. The van der Waals surface area contributed by atoms with Gasteiger partial charge in [-0.15, -0.1) is 0 Å². The number of amides is 1. The molecule has 2 aromatic heterocycles. The standard InChI is InChI=1S/C27H35N7O/c1-18-14-21-15-28-27(29-19(2)24-11-13-33(4)31-24)30-25(21)17-34(18)26(35)22-10-12-32(3)16-23(22)20-8-6-5-7-9-20/h5-9,11,13,15,18-19,22-23H,10,12,14,16-17H2,1-4H3,(H,28,29,30)/t18-,19-,22+,23-/m1/s1. The monoisotopic (exact) mass is 473 g/mol. The molecule has 5 rings (SSSR count). The zero-order chi connectivity index (χ0) is 24.5. The maximum absolute atomic E-state index is 14.0. The van der Waals surface area contributed by atoms with Gasteiger partial charge in [-0.1, -0.05) is 30.3 Å². The third kappa shape index (κ3) is 4.93. The molecule has 1 saturated heterocycles. The van der Waals surface area contributed by atoms with Crippen molar-refractivity contribution in [1.82, 2.24) is 29.5 Å². The molecule has 4 atom stereocenters. The summed E-state index contributed by atoms with van der Waals surface area (Å²) in [6, 6.07) is 12.6. The van der Waals surface area contributed by atoms with Gasteiger partial charge in [-0.25, -0.2) is 9.97 Å². The second kappa shape index (κ2) is 9.77. The van der Waals surface area contributed by atoms with Crippen molar-refractivity contribution in [2.24, 2.45) is 13.0 Å². The second-order valence-corrected chi connectivity index (χ2v) is 10.1. The number of fused-ring (bicyclic) bond motifs is 1. The van der Waals surface area contributed by atoms with E-state index in [1.807, 2.05) is 43.4 Å². The van der Waals surface area contributed by atoms with Crippen molar-refractivity contribution in [3.8, 4) is 0 Å². The summed E-state index contributed by atoms with van der Waals surface area (Å²) in [7, 11) is 4.05. The number of nitrogens with zero attached hydrogens (tertiary/aromatic N) is 6. The quantitative estimate of drug-likeness (QED) is 0.612. The number of carbonyl (C=O) groups is 1. The summed E-state index contributed by atoms with van der Waals surface area (Å²) in [6.07, 6.45) is 5.50. The predicted molar refractivity (Wildman–Crippen MR) is 136 cm³/mol. The Morgan fingerprint density at radius 3 is 2.71 bits per heavy atom. The number of likely N-dealkylation sites (N-methyl/N-ethyl adjacent to an activating group) is 1. The molecule has 0 saturated carbocycles. The maximum Gasteiger partial charge on any atom is 0.227 e. The lowest BCUT2D eigenvalue weighted by molar-refractivity contribution is -0.141. The minimum Gasteiger partial charge on any atom is -0.346 e. The Balaban J connectivity index is 1.34. The molecule has 184 valence electrons. The van der Waals surface area contributed by atoms with Crippen LogP contribution >= 0.6 is 0 Å². The molecule has 0 unspecified atom stereocenters. The van der Waals surface area contributed by atoms with E-state index in [1.165, 1.54) is 5.56 Å². The molecule has 2 aliphatic heterocycles. The van der Waals surface area contributed by atoms with Gasteiger partial charge in [0.2, 0.25) is 11.9 Å². The van der Waals surface area contributed by atoms with Crippen molar-refractivity contribution in [1.29, 1.82) is 0 Å². The Morgan fingerprint density at radius 1 is 1.17 bits per heavy atom. The van der Waals surface area contributed by atoms with Crippen molar-refractivity contribution in [3.05, 3.63) is 71.3 Å². The van der Waals surface area contributed by atoms with Crippen LogP contribution in [-0.2, 0) is 24.8 Å². The molecule has 8 nitrogen and oxygen atoms in total. The van der Waals surface area contributed by atoms with Crippen LogP contribution in [0, 0.1) is 5.92 Å². The van der Waals surface area contributed by atoms with Gasteiger partial charge in [-0.3, -0.25) is 9.48 Å². The van der Waals surface area contributed by atoms with Gasteiger partial charge in [-0.05, 0) is 57.5 Å². The number of carbonyl (C=O) groups excluding carboxylic acids is 1. The van der Waals surface area contributed by atoms with E-state index < -0.39 is 0 Å². The van der Waals surface area contributed by atoms with Crippen molar-refractivity contribution < 1.29 is 4.79 Å². The molecule has 0 spiro atoms. The minimum atomic E-state index is -0.0136. The van der Waals surface area contributed by atoms with Gasteiger partial charge in [0.1, 0.15) is 0 Å². The summed E-state index contributed by atoms with van der Waals surface area (Å²) >= 11 is 0. The lowest BCUT2D eigenvalue weighted by Crippen LogP contribution is -2.50. The first kappa shape index (κ1) is 23.5. The first-order valence-electron chi connectivity index (χ1n) is 12.5. The van der Waals surface area contributed by atoms with Gasteiger partial charge in [0, 0.05) is 43.9 Å². The van der Waals surface area contributed by atoms with Crippen LogP contribution in [0.1, 0.15) is 54.7 Å². The van der Waals surface area contributed by atoms with Crippen molar-refractivity contribution in [2.45, 2.75) is 51.2 Å². The SMILES string of the molecule is C[C@@H]1Cc2cnc(N[C@H](C)c3ccn(C)n3)nc2CN1C(=O)[C@H]1CCN(C)C[C@@H]1c1ccccc1. The van der Waals surface area contributed by atoms with Crippen molar-refractivity contribution >= 4 is 11.9 Å². The molecule has 4 heterocycles. The third-order valence-corrected chi connectivity index (χ3v) is 7.49. The highest BCUT2D eigenvalue weighted by Crippen LogP contribution is 2.35. The molecular formula is C27H35N7O. The Hall–Kier alpha value is -3.26. The average molecular weight is 474 g/mol. The van der Waals surface area contributed by atoms with E-state index in [4.69, 9.17) is 4.98 Å². The smallest absolute Gasteiger partial charge is 0.227 e. The summed E-state index contributed by atoms with van der Waals surface area (Å²) in [6.45, 7) is 6.56. The van der Waals surface area contributed by atoms with Crippen molar-refractivity contribution in [3.63, 3.8) is 0 Å². The van der Waals surface area contributed by atoms with Crippen LogP contribution in [0.2, 0.25) is 0 Å². The number of aromatic nitrogens is 4. The van der Waals surface area contributed by atoms with E-state index in [1.54, 1.807) is 4.68 Å². The van der Waals surface area contributed by atoms with Crippen LogP contribution in [0.25, 0.3) is 0 Å². The number of likely N-dealkylation sites (tertiary alicyclic amines) is 1. The molecular weight excluding hydrogens is 438 g/mol. The number of rotatable bonds is 5. The summed E-state index contributed by atoms with van der Waals surface area (Å²) in [5, 5.41) is 7.84. The second-order valence-electron chi connectivity index (χ2n) is 10.1. The topological polar surface area (TPSA) is 79.2 Å². The number of piperidine rings is 1. The van der Waals surface area contributed by atoms with E-state index in [-0.39, 0.29) is 29.8 Å². The highest BCUT2D eigenvalue weighted by Gasteiger charge is 2.39. The van der Waals surface area contributed by atoms with E-state index >= 15 is 0 Å². The Kier molecular flexibility index (Phi) is 6.56. The van der Waals surface area contributed by atoms with Crippen molar-refractivity contribution in [2.75, 3.05) is 25.5 Å². The zero-order valence-corrected chi connectivity index (χ0v) is 21.1. The molecule has 1 amide bonds. The number of aryl methyl sites for hydroxylation is 1. The van der Waals surface area contributed by atoms with Crippen LogP contribution < -0.4 is 5.32 Å². The van der Waals surface area contributed by atoms with E-state index in [0.717, 1.165) is 42.9 Å². The highest BCUT2D eigenvalue weighted by atomic mass is 16.2. The fourth-order valence-electron chi connectivity index (χ4n) is 5.45. The number of benzene rings is 1. The Labute approximate surface area is 207 Å². The summed E-state index contributed by atoms with van der Waals surface area (Å²) < 4.78 is 1.79. The van der Waals surface area contributed by atoms with E-state index in [2.05, 4.69) is 58.5 Å². The number of hydrogen-bond acceptors (Lipinski definition) is 6. The van der Waals surface area contributed by atoms with Gasteiger partial charge in [0.15, 0.2) is 0 Å². The number of nitrogens with one attached hydrogen (secondary N) is 1. The molecule has 1 aromatic carbocycles. The zero-order valence-electron chi connectivity index (χ0n) is 21.1. The molecule has 3 aromatic rings. The summed E-state index contributed by atoms with van der Waals surface area (Å²) in [5.74, 6) is 1.02. The van der Waals surface area contributed by atoms with Gasteiger partial charge in [0.05, 0.1) is 24.0 Å². The van der Waals surface area contributed by atoms with Gasteiger partial charge >= 0.3 is 0 Å². The van der Waals surface area contributed by atoms with Crippen LogP contribution in [0.15, 0.2) is 48.8 Å². The van der Waals surface area contributed by atoms with Crippen LogP contribution in [0.3, 0.4) is 0 Å². The van der Waals surface area contributed by atoms with E-state index in [9.17, 15) is 4.79 Å². The fraction of sp³-hybridized carbons (Fsp3) is 0.481. The lowest BCUT2D eigenvalue weighted by Gasteiger charge is -2.42. The molecule has 2 aliphatic rings. The van der Waals surface area contributed by atoms with Crippen LogP contribution in [0.4, 0.5) is 5.95 Å². The first-order valence-corrected chi connectivity index (χ1v) is 12.5. The van der Waals surface area contributed by atoms with Gasteiger partial charge in [0.25, 0.3) is 0 Å². The number of anilines is 1. The normalized spacial score (nSPS) is 23.5. The Morgan fingerprint density at radius 2 is 1.97 bits per heavy atom. The third-order valence-electron chi connectivity index (χ3n) is 7.49. The van der Waals surface area contributed by atoms with Crippen LogP contribution in [0.5, 0.6) is 0 Å². The average Bonchev–Trinajstić information content (AvgIpc) is 3.30.